The smallest absolute Gasteiger partial charge is 0.354 e. The normalized spacial score (nSPS) is 36.2. The lowest BCUT2D eigenvalue weighted by molar-refractivity contribution is -0.158. The highest BCUT2D eigenvalue weighted by molar-refractivity contribution is 6.07. The van der Waals surface area contributed by atoms with Crippen molar-refractivity contribution in [2.75, 3.05) is 0 Å². The molecule has 28 heavy (non-hydrogen) atoms. The fourth-order valence-corrected chi connectivity index (χ4v) is 5.17. The second-order valence-corrected chi connectivity index (χ2v) is 8.33. The average molecular weight is 381 g/mol. The minimum Gasteiger partial charge on any atom is -0.454 e. The lowest BCUT2D eigenvalue weighted by Gasteiger charge is -2.43. The van der Waals surface area contributed by atoms with Gasteiger partial charge in [-0.05, 0) is 43.5 Å². The highest BCUT2D eigenvalue weighted by Gasteiger charge is 2.66. The van der Waals surface area contributed by atoms with Gasteiger partial charge in [-0.2, -0.15) is 0 Å². The Bertz CT molecular complexity index is 1010. The zero-order valence-electron chi connectivity index (χ0n) is 15.7. The van der Waals surface area contributed by atoms with Crippen LogP contribution in [0.1, 0.15) is 38.7 Å². The lowest BCUT2D eigenvalue weighted by Crippen LogP contribution is -2.47. The minimum absolute atomic E-state index is 0.0471. The minimum atomic E-state index is -1.20. The number of allylic oxidation sites excluding steroid dienone is 3. The molecule has 1 saturated carbocycles. The Morgan fingerprint density at radius 2 is 2.11 bits per heavy atom. The summed E-state index contributed by atoms with van der Waals surface area (Å²) in [6.07, 6.45) is 4.79. The number of rotatable bonds is 1. The van der Waals surface area contributed by atoms with Gasteiger partial charge in [-0.15, -0.1) is 0 Å². The van der Waals surface area contributed by atoms with Gasteiger partial charge in [0, 0.05) is 23.0 Å². The Kier molecular flexibility index (Phi) is 3.49. The van der Waals surface area contributed by atoms with Crippen LogP contribution in [-0.2, 0) is 19.2 Å². The van der Waals surface area contributed by atoms with Gasteiger partial charge in [-0.25, -0.2) is 9.18 Å². The molecule has 0 bridgehead atoms. The van der Waals surface area contributed by atoms with Crippen molar-refractivity contribution in [1.82, 2.24) is 0 Å². The summed E-state index contributed by atoms with van der Waals surface area (Å²) in [5.41, 5.74) is 1.16. The molecule has 2 heterocycles. The van der Waals surface area contributed by atoms with Gasteiger partial charge in [0.15, 0.2) is 5.78 Å². The number of fused-ring (bicyclic) bond motifs is 4. The van der Waals surface area contributed by atoms with E-state index in [4.69, 9.17) is 9.57 Å². The zero-order chi connectivity index (χ0) is 19.7. The largest absolute Gasteiger partial charge is 0.454 e. The first-order valence-electron chi connectivity index (χ1n) is 9.51. The lowest BCUT2D eigenvalue weighted by atomic mass is 9.60. The van der Waals surface area contributed by atoms with Gasteiger partial charge >= 0.3 is 5.97 Å². The Morgan fingerprint density at radius 1 is 1.29 bits per heavy atom. The van der Waals surface area contributed by atoms with Gasteiger partial charge in [0.05, 0.1) is 11.6 Å². The molecule has 1 aromatic carbocycles. The van der Waals surface area contributed by atoms with E-state index in [0.717, 1.165) is 12.0 Å². The molecular weight excluding hydrogens is 361 g/mol. The number of ketones is 1. The molecule has 1 spiro atoms. The molecular formula is C22H20FNO4. The van der Waals surface area contributed by atoms with Crippen molar-refractivity contribution in [3.8, 4) is 0 Å². The van der Waals surface area contributed by atoms with E-state index in [-0.39, 0.29) is 29.4 Å². The average Bonchev–Trinajstić information content (AvgIpc) is 3.22. The van der Waals surface area contributed by atoms with Crippen molar-refractivity contribution >= 4 is 17.5 Å². The van der Waals surface area contributed by atoms with E-state index in [0.29, 0.717) is 23.3 Å². The van der Waals surface area contributed by atoms with E-state index < -0.39 is 17.7 Å². The van der Waals surface area contributed by atoms with Gasteiger partial charge < -0.3 is 9.57 Å². The van der Waals surface area contributed by atoms with Crippen molar-refractivity contribution in [3.63, 3.8) is 0 Å². The summed E-state index contributed by atoms with van der Waals surface area (Å²) >= 11 is 0. The summed E-state index contributed by atoms with van der Waals surface area (Å²) in [6.45, 7) is 3.87. The number of hydrogen-bond acceptors (Lipinski definition) is 5. The molecule has 1 saturated heterocycles. The Morgan fingerprint density at radius 3 is 2.89 bits per heavy atom. The standard InChI is InChI=1S/C22H20FNO4/c1-12-17(25)7-9-21(2)8-6-15-19(18(12)21)27-20(26)22(15)11-16(24-28-22)13-4-3-5-14(23)10-13/h3-5,7,9-10,15,19H,6,8,11H2,1-2H3/t15-,19+,21+,22+/m1/s1. The van der Waals surface area contributed by atoms with Gasteiger partial charge in [-0.3, -0.25) is 4.79 Å². The monoisotopic (exact) mass is 381 g/mol. The van der Waals surface area contributed by atoms with Crippen LogP contribution in [-0.4, -0.2) is 29.2 Å². The molecule has 0 amide bonds. The van der Waals surface area contributed by atoms with E-state index in [1.165, 1.54) is 12.1 Å². The maximum absolute atomic E-state index is 13.6. The Balaban J connectivity index is 1.51. The first-order valence-corrected chi connectivity index (χ1v) is 9.51. The Hall–Kier alpha value is -2.76. The van der Waals surface area contributed by atoms with Crippen molar-refractivity contribution in [1.29, 1.82) is 0 Å². The van der Waals surface area contributed by atoms with Gasteiger partial charge in [-0.1, -0.05) is 30.3 Å². The van der Waals surface area contributed by atoms with Crippen molar-refractivity contribution in [2.45, 2.75) is 44.8 Å². The third kappa shape index (κ3) is 2.20. The van der Waals surface area contributed by atoms with Crippen LogP contribution in [0.25, 0.3) is 0 Å². The van der Waals surface area contributed by atoms with E-state index in [1.54, 1.807) is 25.1 Å². The van der Waals surface area contributed by atoms with Crippen LogP contribution >= 0.6 is 0 Å². The van der Waals surface area contributed by atoms with E-state index in [9.17, 15) is 14.0 Å². The van der Waals surface area contributed by atoms with Crippen LogP contribution in [0.5, 0.6) is 0 Å². The van der Waals surface area contributed by atoms with Crippen molar-refractivity contribution in [2.24, 2.45) is 16.5 Å². The quantitative estimate of drug-likeness (QED) is 0.699. The molecule has 4 atom stereocenters. The number of carbonyl (C=O) groups excluding carboxylic acids is 2. The van der Waals surface area contributed by atoms with Gasteiger partial charge in [0.2, 0.25) is 5.60 Å². The van der Waals surface area contributed by atoms with Crippen LogP contribution in [0.2, 0.25) is 0 Å². The predicted molar refractivity (Wildman–Crippen MR) is 98.9 cm³/mol. The number of benzene rings is 1. The number of halogens is 1. The van der Waals surface area contributed by atoms with Gasteiger partial charge in [0.25, 0.3) is 0 Å². The van der Waals surface area contributed by atoms with Crippen LogP contribution in [0.15, 0.2) is 52.7 Å². The molecule has 1 aromatic rings. The molecule has 2 aliphatic carbocycles. The maximum Gasteiger partial charge on any atom is 0.354 e. The fourth-order valence-electron chi connectivity index (χ4n) is 5.17. The second-order valence-electron chi connectivity index (χ2n) is 8.33. The molecule has 4 aliphatic rings. The van der Waals surface area contributed by atoms with E-state index in [2.05, 4.69) is 12.1 Å². The van der Waals surface area contributed by atoms with E-state index in [1.807, 2.05) is 6.08 Å². The molecule has 5 nitrogen and oxygen atoms in total. The molecule has 2 aliphatic heterocycles. The summed E-state index contributed by atoms with van der Waals surface area (Å²) in [5.74, 6) is -1.10. The fraction of sp³-hybridized carbons (Fsp3) is 0.409. The summed E-state index contributed by atoms with van der Waals surface area (Å²) in [4.78, 5) is 31.0. The summed E-state index contributed by atoms with van der Waals surface area (Å²) in [6, 6.07) is 6.10. The summed E-state index contributed by atoms with van der Waals surface area (Å²) < 4.78 is 19.4. The second kappa shape index (κ2) is 5.63. The summed E-state index contributed by atoms with van der Waals surface area (Å²) in [7, 11) is 0. The molecule has 0 aromatic heterocycles. The zero-order valence-corrected chi connectivity index (χ0v) is 15.7. The molecule has 0 N–H and O–H groups in total. The predicted octanol–water partition coefficient (Wildman–Crippen LogP) is 3.49. The molecule has 6 heteroatoms. The first kappa shape index (κ1) is 17.3. The molecule has 2 fully saturated rings. The highest BCUT2D eigenvalue weighted by atomic mass is 19.1. The number of hydrogen-bond donors (Lipinski definition) is 0. The van der Waals surface area contributed by atoms with Crippen molar-refractivity contribution < 1.29 is 23.6 Å². The SMILES string of the molecule is CC1=C2[C@H]3OC(=O)[C@]4(CC(c5cccc(F)c5)=NO4)[C@@H]3CC[C@@]2(C)C=CC1=O. The number of oxime groups is 1. The number of ether oxygens (including phenoxy) is 1. The number of carbonyl (C=O) groups is 2. The van der Waals surface area contributed by atoms with Crippen LogP contribution in [0.3, 0.4) is 0 Å². The number of nitrogens with zero attached hydrogens (tertiary/aromatic N) is 1. The number of esters is 1. The molecule has 0 unspecified atom stereocenters. The van der Waals surface area contributed by atoms with Crippen LogP contribution in [0.4, 0.5) is 4.39 Å². The van der Waals surface area contributed by atoms with Crippen molar-refractivity contribution in [3.05, 3.63) is 58.9 Å². The van der Waals surface area contributed by atoms with Gasteiger partial charge in [0.1, 0.15) is 11.9 Å². The molecule has 0 radical (unpaired) electrons. The summed E-state index contributed by atoms with van der Waals surface area (Å²) in [5, 5.41) is 4.13. The van der Waals surface area contributed by atoms with E-state index >= 15 is 0 Å². The third-order valence-electron chi connectivity index (χ3n) is 6.70. The molecule has 5 rings (SSSR count). The third-order valence-corrected chi connectivity index (χ3v) is 6.70. The van der Waals surface area contributed by atoms with Crippen LogP contribution < -0.4 is 0 Å². The van der Waals surface area contributed by atoms with Crippen LogP contribution in [0, 0.1) is 17.2 Å². The topological polar surface area (TPSA) is 65.0 Å². The highest BCUT2D eigenvalue weighted by Crippen LogP contribution is 2.56. The maximum atomic E-state index is 13.6. The molecule has 144 valence electrons. The first-order chi connectivity index (χ1) is 13.3. The Labute approximate surface area is 161 Å².